The molecule has 2 aromatic heterocycles. The van der Waals surface area contributed by atoms with Crippen LogP contribution < -0.4 is 10.1 Å². The lowest BCUT2D eigenvalue weighted by Gasteiger charge is -2.06. The predicted octanol–water partition coefficient (Wildman–Crippen LogP) is 1.45. The molecule has 96 valence electrons. The molecule has 0 atom stereocenters. The number of nitrogens with one attached hydrogen (secondary N) is 1. The smallest absolute Gasteiger partial charge is 0.218 e. The van der Waals surface area contributed by atoms with Gasteiger partial charge in [0.05, 0.1) is 12.8 Å². The molecule has 0 unspecified atom stereocenters. The highest BCUT2D eigenvalue weighted by Gasteiger charge is 2.09. The molecule has 2 heterocycles. The van der Waals surface area contributed by atoms with Gasteiger partial charge in [-0.15, -0.1) is 0 Å². The maximum Gasteiger partial charge on any atom is 0.218 e. The van der Waals surface area contributed by atoms with Crippen LogP contribution in [-0.2, 0) is 13.6 Å². The molecular formula is C12H17N5O. The molecule has 0 aliphatic heterocycles. The minimum Gasteiger partial charge on any atom is -0.481 e. The lowest BCUT2D eigenvalue weighted by Crippen LogP contribution is -2.04. The predicted molar refractivity (Wildman–Crippen MR) is 68.6 cm³/mol. The van der Waals surface area contributed by atoms with Crippen LogP contribution in [-0.4, -0.2) is 26.9 Å². The van der Waals surface area contributed by atoms with Gasteiger partial charge in [0.2, 0.25) is 5.88 Å². The van der Waals surface area contributed by atoms with Gasteiger partial charge >= 0.3 is 0 Å². The van der Waals surface area contributed by atoms with E-state index in [0.29, 0.717) is 12.4 Å². The second kappa shape index (κ2) is 5.03. The van der Waals surface area contributed by atoms with Crippen LogP contribution in [0.15, 0.2) is 12.4 Å². The molecule has 0 saturated heterocycles. The molecule has 6 heteroatoms. The molecule has 0 aliphatic rings. The van der Waals surface area contributed by atoms with E-state index in [2.05, 4.69) is 27.3 Å². The van der Waals surface area contributed by atoms with E-state index in [-0.39, 0.29) is 0 Å². The largest absolute Gasteiger partial charge is 0.481 e. The van der Waals surface area contributed by atoms with Crippen LogP contribution in [0.2, 0.25) is 0 Å². The third-order valence-corrected chi connectivity index (χ3v) is 2.96. The number of rotatable bonds is 4. The molecule has 6 nitrogen and oxygen atoms in total. The SMILES string of the molecule is COc1cc(NCc2c(C)nn(C)c2C)ncn1. The van der Waals surface area contributed by atoms with Gasteiger partial charge in [-0.3, -0.25) is 4.68 Å². The summed E-state index contributed by atoms with van der Waals surface area (Å²) in [5.74, 6) is 1.29. The van der Waals surface area contributed by atoms with Gasteiger partial charge in [0, 0.05) is 30.9 Å². The average molecular weight is 247 g/mol. The van der Waals surface area contributed by atoms with E-state index < -0.39 is 0 Å². The summed E-state index contributed by atoms with van der Waals surface area (Å²) in [6.45, 7) is 4.74. The van der Waals surface area contributed by atoms with Crippen LogP contribution in [0.1, 0.15) is 17.0 Å². The summed E-state index contributed by atoms with van der Waals surface area (Å²) in [7, 11) is 3.53. The zero-order valence-electron chi connectivity index (χ0n) is 11.1. The van der Waals surface area contributed by atoms with Crippen molar-refractivity contribution in [3.05, 3.63) is 29.3 Å². The summed E-state index contributed by atoms with van der Waals surface area (Å²) in [6.07, 6.45) is 1.48. The number of aryl methyl sites for hydroxylation is 2. The fraction of sp³-hybridized carbons (Fsp3) is 0.417. The standard InChI is InChI=1S/C12H17N5O/c1-8-10(9(2)17(3)16-8)6-13-11-5-12(18-4)15-7-14-11/h5,7H,6H2,1-4H3,(H,13,14,15). The topological polar surface area (TPSA) is 64.9 Å². The number of hydrogen-bond donors (Lipinski definition) is 1. The summed E-state index contributed by atoms with van der Waals surface area (Å²) in [4.78, 5) is 8.10. The Labute approximate surface area is 106 Å². The Balaban J connectivity index is 2.11. The van der Waals surface area contributed by atoms with Crippen LogP contribution in [0.3, 0.4) is 0 Å². The van der Waals surface area contributed by atoms with E-state index in [0.717, 1.165) is 17.2 Å². The third-order valence-electron chi connectivity index (χ3n) is 2.96. The molecule has 1 N–H and O–H groups in total. The van der Waals surface area contributed by atoms with E-state index in [9.17, 15) is 0 Å². The Morgan fingerprint density at radius 3 is 2.72 bits per heavy atom. The number of nitrogens with zero attached hydrogens (tertiary/aromatic N) is 4. The van der Waals surface area contributed by atoms with Gasteiger partial charge in [0.1, 0.15) is 12.1 Å². The van der Waals surface area contributed by atoms with Crippen LogP contribution in [0, 0.1) is 13.8 Å². The first kappa shape index (κ1) is 12.3. The highest BCUT2D eigenvalue weighted by Crippen LogP contribution is 2.15. The van der Waals surface area contributed by atoms with Crippen molar-refractivity contribution >= 4 is 5.82 Å². The maximum atomic E-state index is 5.05. The monoisotopic (exact) mass is 247 g/mol. The first-order valence-electron chi connectivity index (χ1n) is 5.70. The molecule has 2 rings (SSSR count). The molecule has 0 saturated carbocycles. The van der Waals surface area contributed by atoms with Gasteiger partial charge in [0.25, 0.3) is 0 Å². The number of ether oxygens (including phenoxy) is 1. The summed E-state index contributed by atoms with van der Waals surface area (Å²) in [5.41, 5.74) is 3.37. The van der Waals surface area contributed by atoms with E-state index >= 15 is 0 Å². The third kappa shape index (κ3) is 2.42. The van der Waals surface area contributed by atoms with Crippen molar-refractivity contribution < 1.29 is 4.74 Å². The molecule has 0 spiro atoms. The zero-order valence-corrected chi connectivity index (χ0v) is 11.1. The van der Waals surface area contributed by atoms with Crippen LogP contribution >= 0.6 is 0 Å². The summed E-state index contributed by atoms with van der Waals surface area (Å²) < 4.78 is 6.93. The Kier molecular flexibility index (Phi) is 3.45. The summed E-state index contributed by atoms with van der Waals surface area (Å²) in [5, 5.41) is 7.62. The van der Waals surface area contributed by atoms with E-state index in [1.165, 1.54) is 11.9 Å². The zero-order chi connectivity index (χ0) is 13.1. The second-order valence-corrected chi connectivity index (χ2v) is 4.07. The van der Waals surface area contributed by atoms with Gasteiger partial charge < -0.3 is 10.1 Å². The maximum absolute atomic E-state index is 5.05. The van der Waals surface area contributed by atoms with Crippen LogP contribution in [0.25, 0.3) is 0 Å². The molecular weight excluding hydrogens is 230 g/mol. The number of anilines is 1. The van der Waals surface area contributed by atoms with E-state index in [1.54, 1.807) is 13.2 Å². The molecule has 0 aliphatic carbocycles. The number of aromatic nitrogens is 4. The van der Waals surface area contributed by atoms with Gasteiger partial charge in [-0.25, -0.2) is 9.97 Å². The van der Waals surface area contributed by atoms with Gasteiger partial charge in [-0.05, 0) is 13.8 Å². The van der Waals surface area contributed by atoms with Crippen molar-refractivity contribution in [2.45, 2.75) is 20.4 Å². The minimum atomic E-state index is 0.548. The summed E-state index contributed by atoms with van der Waals surface area (Å²) in [6, 6.07) is 1.76. The van der Waals surface area contributed by atoms with Gasteiger partial charge in [-0.1, -0.05) is 0 Å². The second-order valence-electron chi connectivity index (χ2n) is 4.07. The van der Waals surface area contributed by atoms with E-state index in [4.69, 9.17) is 4.74 Å². The fourth-order valence-electron chi connectivity index (χ4n) is 1.80. The lowest BCUT2D eigenvalue weighted by atomic mass is 10.2. The average Bonchev–Trinajstić information content (AvgIpc) is 2.61. The Hall–Kier alpha value is -2.11. The van der Waals surface area contributed by atoms with Crippen molar-refractivity contribution in [1.29, 1.82) is 0 Å². The summed E-state index contributed by atoms with van der Waals surface area (Å²) >= 11 is 0. The molecule has 0 aromatic carbocycles. The Morgan fingerprint density at radius 1 is 1.33 bits per heavy atom. The highest BCUT2D eigenvalue weighted by molar-refractivity contribution is 5.39. The lowest BCUT2D eigenvalue weighted by molar-refractivity contribution is 0.397. The molecule has 18 heavy (non-hydrogen) atoms. The normalized spacial score (nSPS) is 10.4. The van der Waals surface area contributed by atoms with Crippen LogP contribution in [0.4, 0.5) is 5.82 Å². The quantitative estimate of drug-likeness (QED) is 0.885. The Morgan fingerprint density at radius 2 is 2.11 bits per heavy atom. The highest BCUT2D eigenvalue weighted by atomic mass is 16.5. The fourth-order valence-corrected chi connectivity index (χ4v) is 1.80. The molecule has 2 aromatic rings. The Bertz CT molecular complexity index is 549. The van der Waals surface area contributed by atoms with Crippen molar-refractivity contribution in [3.8, 4) is 5.88 Å². The molecule has 0 radical (unpaired) electrons. The number of methoxy groups -OCH3 is 1. The first-order chi connectivity index (χ1) is 8.61. The van der Waals surface area contributed by atoms with E-state index in [1.807, 2.05) is 18.7 Å². The van der Waals surface area contributed by atoms with Crippen molar-refractivity contribution in [2.24, 2.45) is 7.05 Å². The van der Waals surface area contributed by atoms with Gasteiger partial charge in [0.15, 0.2) is 0 Å². The number of hydrogen-bond acceptors (Lipinski definition) is 5. The van der Waals surface area contributed by atoms with Gasteiger partial charge in [-0.2, -0.15) is 5.10 Å². The van der Waals surface area contributed by atoms with Crippen molar-refractivity contribution in [2.75, 3.05) is 12.4 Å². The molecule has 0 amide bonds. The van der Waals surface area contributed by atoms with Crippen LogP contribution in [0.5, 0.6) is 5.88 Å². The minimum absolute atomic E-state index is 0.548. The van der Waals surface area contributed by atoms with Crippen molar-refractivity contribution in [1.82, 2.24) is 19.7 Å². The van der Waals surface area contributed by atoms with Crippen molar-refractivity contribution in [3.63, 3.8) is 0 Å². The first-order valence-corrected chi connectivity index (χ1v) is 5.70. The molecule has 0 bridgehead atoms. The molecule has 0 fully saturated rings.